The average Bonchev–Trinajstić information content (AvgIpc) is 3.10. The van der Waals surface area contributed by atoms with Crippen LogP contribution in [0.15, 0.2) is 64.3 Å². The summed E-state index contributed by atoms with van der Waals surface area (Å²) in [4.78, 5) is 12.1. The molecule has 0 saturated carbocycles. The Morgan fingerprint density at radius 3 is 2.80 bits per heavy atom. The lowest BCUT2D eigenvalue weighted by molar-refractivity contribution is 0.0955. The highest BCUT2D eigenvalue weighted by atomic mass is 79.9. The maximum absolute atomic E-state index is 12.1. The Bertz CT molecular complexity index is 900. The van der Waals surface area contributed by atoms with Crippen molar-refractivity contribution in [2.75, 3.05) is 0 Å². The number of hydrazone groups is 1. The van der Waals surface area contributed by atoms with Crippen molar-refractivity contribution >= 4 is 28.1 Å². The van der Waals surface area contributed by atoms with Crippen molar-refractivity contribution in [1.82, 2.24) is 15.6 Å². The Morgan fingerprint density at radius 2 is 2.08 bits per heavy atom. The van der Waals surface area contributed by atoms with Crippen LogP contribution in [-0.4, -0.2) is 22.3 Å². The van der Waals surface area contributed by atoms with E-state index in [-0.39, 0.29) is 5.91 Å². The molecule has 0 atom stereocenters. The molecule has 2 aromatic carbocycles. The van der Waals surface area contributed by atoms with Crippen LogP contribution in [-0.2, 0) is 6.42 Å². The number of aryl methyl sites for hydroxylation is 1. The number of H-pyrrole nitrogens is 1. The maximum Gasteiger partial charge on any atom is 0.271 e. The zero-order chi connectivity index (χ0) is 17.6. The first-order valence-electron chi connectivity index (χ1n) is 7.89. The molecule has 0 aliphatic carbocycles. The first kappa shape index (κ1) is 17.1. The Kier molecular flexibility index (Phi) is 5.40. The van der Waals surface area contributed by atoms with Crippen molar-refractivity contribution in [3.05, 3.63) is 75.9 Å². The van der Waals surface area contributed by atoms with Crippen LogP contribution in [0.4, 0.5) is 0 Å². The minimum Gasteiger partial charge on any atom is -0.277 e. The van der Waals surface area contributed by atoms with Crippen LogP contribution in [0.1, 0.15) is 28.4 Å². The van der Waals surface area contributed by atoms with Crippen LogP contribution in [0, 0.1) is 0 Å². The van der Waals surface area contributed by atoms with Crippen molar-refractivity contribution < 1.29 is 4.79 Å². The van der Waals surface area contributed by atoms with Crippen molar-refractivity contribution in [1.29, 1.82) is 0 Å². The highest BCUT2D eigenvalue weighted by molar-refractivity contribution is 9.10. The summed E-state index contributed by atoms with van der Waals surface area (Å²) >= 11 is 3.34. The summed E-state index contributed by atoms with van der Waals surface area (Å²) in [6, 6.07) is 15.4. The third kappa shape index (κ3) is 4.22. The van der Waals surface area contributed by atoms with E-state index in [0.717, 1.165) is 27.7 Å². The van der Waals surface area contributed by atoms with E-state index >= 15 is 0 Å². The molecule has 6 heteroatoms. The number of aromatic nitrogens is 2. The fourth-order valence-corrected chi connectivity index (χ4v) is 2.79. The van der Waals surface area contributed by atoms with Crippen molar-refractivity contribution in [2.45, 2.75) is 13.3 Å². The van der Waals surface area contributed by atoms with Gasteiger partial charge in [0.2, 0.25) is 0 Å². The smallest absolute Gasteiger partial charge is 0.271 e. The number of nitrogens with zero attached hydrogens (tertiary/aromatic N) is 2. The normalized spacial score (nSPS) is 11.0. The van der Waals surface area contributed by atoms with Gasteiger partial charge in [-0.3, -0.25) is 9.89 Å². The third-order valence-electron chi connectivity index (χ3n) is 3.78. The monoisotopic (exact) mass is 396 g/mol. The minimum atomic E-state index is -0.269. The molecule has 0 bridgehead atoms. The lowest BCUT2D eigenvalue weighted by Crippen LogP contribution is -2.17. The van der Waals surface area contributed by atoms with Crippen molar-refractivity contribution in [2.24, 2.45) is 5.10 Å². The van der Waals surface area contributed by atoms with Gasteiger partial charge in [-0.2, -0.15) is 10.2 Å². The Balaban J connectivity index is 1.72. The number of nitrogens with one attached hydrogen (secondary N) is 2. The van der Waals surface area contributed by atoms with E-state index in [4.69, 9.17) is 0 Å². The summed E-state index contributed by atoms with van der Waals surface area (Å²) in [7, 11) is 0. The van der Waals surface area contributed by atoms with Crippen molar-refractivity contribution in [3.8, 4) is 11.3 Å². The number of hydrogen-bond acceptors (Lipinski definition) is 3. The van der Waals surface area contributed by atoms with E-state index in [9.17, 15) is 4.79 Å². The van der Waals surface area contributed by atoms with Gasteiger partial charge in [-0.1, -0.05) is 53.2 Å². The van der Waals surface area contributed by atoms with Crippen LogP contribution in [0.2, 0.25) is 0 Å². The van der Waals surface area contributed by atoms with E-state index in [1.54, 1.807) is 30.6 Å². The quantitative estimate of drug-likeness (QED) is 0.501. The molecule has 3 rings (SSSR count). The number of aromatic amines is 1. The molecule has 0 aliphatic rings. The van der Waals surface area contributed by atoms with Crippen LogP contribution in [0.5, 0.6) is 0 Å². The largest absolute Gasteiger partial charge is 0.277 e. The van der Waals surface area contributed by atoms with E-state index in [0.29, 0.717) is 5.56 Å². The predicted octanol–water partition coefficient (Wildman–Crippen LogP) is 4.17. The number of halogens is 1. The third-order valence-corrected chi connectivity index (χ3v) is 4.27. The molecule has 3 aromatic rings. The van der Waals surface area contributed by atoms with Crippen LogP contribution >= 0.6 is 15.9 Å². The molecule has 25 heavy (non-hydrogen) atoms. The summed E-state index contributed by atoms with van der Waals surface area (Å²) < 4.78 is 0.844. The molecular weight excluding hydrogens is 380 g/mol. The zero-order valence-electron chi connectivity index (χ0n) is 13.7. The highest BCUT2D eigenvalue weighted by Gasteiger charge is 2.07. The fourth-order valence-electron chi connectivity index (χ4n) is 2.39. The van der Waals surface area contributed by atoms with Crippen LogP contribution in [0.3, 0.4) is 0 Å². The van der Waals surface area contributed by atoms with E-state index in [1.165, 1.54) is 5.56 Å². The van der Waals surface area contributed by atoms with Gasteiger partial charge >= 0.3 is 0 Å². The second-order valence-corrected chi connectivity index (χ2v) is 6.38. The van der Waals surface area contributed by atoms with Gasteiger partial charge in [0.25, 0.3) is 5.91 Å². The summed E-state index contributed by atoms with van der Waals surface area (Å²) in [5.74, 6) is -0.269. The molecule has 0 aliphatic heterocycles. The Labute approximate surface area is 154 Å². The number of benzene rings is 2. The lowest BCUT2D eigenvalue weighted by atomic mass is 10.1. The second-order valence-electron chi connectivity index (χ2n) is 5.46. The Hall–Kier alpha value is -2.73. The van der Waals surface area contributed by atoms with Gasteiger partial charge in [-0.25, -0.2) is 5.43 Å². The SMILES string of the molecule is CCc1ccc(-c2[nH]ncc2C=NNC(=O)c2cccc(Br)c2)cc1. The molecule has 1 amide bonds. The summed E-state index contributed by atoms with van der Waals surface area (Å²) in [6.45, 7) is 2.12. The summed E-state index contributed by atoms with van der Waals surface area (Å²) in [6.07, 6.45) is 4.26. The maximum atomic E-state index is 12.1. The van der Waals surface area contributed by atoms with E-state index < -0.39 is 0 Å². The van der Waals surface area contributed by atoms with Gasteiger partial charge in [-0.15, -0.1) is 0 Å². The van der Waals surface area contributed by atoms with Gasteiger partial charge in [-0.05, 0) is 30.2 Å². The summed E-state index contributed by atoms with van der Waals surface area (Å²) in [5, 5.41) is 11.1. The van der Waals surface area contributed by atoms with Gasteiger partial charge < -0.3 is 0 Å². The number of rotatable bonds is 5. The van der Waals surface area contributed by atoms with E-state index in [1.807, 2.05) is 18.2 Å². The average molecular weight is 397 g/mol. The molecular formula is C19H17BrN4O. The first-order chi connectivity index (χ1) is 12.2. The molecule has 0 unspecified atom stereocenters. The molecule has 2 N–H and O–H groups in total. The minimum absolute atomic E-state index is 0.269. The van der Waals surface area contributed by atoms with Crippen molar-refractivity contribution in [3.63, 3.8) is 0 Å². The van der Waals surface area contributed by atoms with E-state index in [2.05, 4.69) is 55.7 Å². The fraction of sp³-hybridized carbons (Fsp3) is 0.105. The van der Waals surface area contributed by atoms with Crippen LogP contribution < -0.4 is 5.43 Å². The van der Waals surface area contributed by atoms with Crippen LogP contribution in [0.25, 0.3) is 11.3 Å². The predicted molar refractivity (Wildman–Crippen MR) is 103 cm³/mol. The first-order valence-corrected chi connectivity index (χ1v) is 8.68. The van der Waals surface area contributed by atoms with Gasteiger partial charge in [0, 0.05) is 21.2 Å². The second kappa shape index (κ2) is 7.90. The molecule has 126 valence electrons. The molecule has 5 nitrogen and oxygen atoms in total. The standard InChI is InChI=1S/C19H17BrN4O/c1-2-13-6-8-14(9-7-13)18-16(11-21-23-18)12-22-24-19(25)15-4-3-5-17(20)10-15/h3-12H,2H2,1H3,(H,21,23)(H,24,25). The highest BCUT2D eigenvalue weighted by Crippen LogP contribution is 2.20. The zero-order valence-corrected chi connectivity index (χ0v) is 15.2. The number of amides is 1. The number of hydrogen-bond donors (Lipinski definition) is 2. The molecule has 0 spiro atoms. The van der Waals surface area contributed by atoms with Gasteiger partial charge in [0.15, 0.2) is 0 Å². The molecule has 0 fully saturated rings. The summed E-state index contributed by atoms with van der Waals surface area (Å²) in [5.41, 5.74) is 7.03. The Morgan fingerprint density at radius 1 is 1.28 bits per heavy atom. The number of carbonyl (C=O) groups is 1. The lowest BCUT2D eigenvalue weighted by Gasteiger charge is -2.02. The molecule has 0 radical (unpaired) electrons. The number of carbonyl (C=O) groups excluding carboxylic acids is 1. The molecule has 1 aromatic heterocycles. The topological polar surface area (TPSA) is 70.1 Å². The molecule has 0 saturated heterocycles. The molecule has 1 heterocycles. The van der Waals surface area contributed by atoms with Gasteiger partial charge in [0.05, 0.1) is 18.1 Å². The van der Waals surface area contributed by atoms with Gasteiger partial charge in [0.1, 0.15) is 0 Å².